The molecular weight excluding hydrogens is 220 g/mol. The van der Waals surface area contributed by atoms with E-state index in [1.807, 2.05) is 0 Å². The molecule has 0 unspecified atom stereocenters. The first kappa shape index (κ1) is 13.5. The molecule has 0 bridgehead atoms. The van der Waals surface area contributed by atoms with Crippen LogP contribution in [-0.2, 0) is 13.0 Å². The zero-order chi connectivity index (χ0) is 12.3. The van der Waals surface area contributed by atoms with Crippen LogP contribution >= 0.6 is 11.3 Å². The van der Waals surface area contributed by atoms with Crippen LogP contribution in [0, 0.1) is 0 Å². The quantitative estimate of drug-likeness (QED) is 0.862. The number of nitrogens with zero attached hydrogens (tertiary/aromatic N) is 2. The summed E-state index contributed by atoms with van der Waals surface area (Å²) < 4.78 is 0. The van der Waals surface area contributed by atoms with Crippen molar-refractivity contribution in [1.29, 1.82) is 0 Å². The van der Waals surface area contributed by atoms with Crippen LogP contribution in [-0.4, -0.2) is 22.7 Å². The van der Waals surface area contributed by atoms with Crippen molar-refractivity contribution >= 4 is 16.5 Å². The second-order valence-electron chi connectivity index (χ2n) is 4.60. The van der Waals surface area contributed by atoms with Crippen LogP contribution in [0.5, 0.6) is 0 Å². The maximum atomic E-state index is 9.26. The number of rotatable bonds is 5. The van der Waals surface area contributed by atoms with Gasteiger partial charge in [0.1, 0.15) is 0 Å². The van der Waals surface area contributed by atoms with Crippen molar-refractivity contribution in [2.75, 3.05) is 11.9 Å². The number of hydrogen-bond acceptors (Lipinski definition) is 4. The Labute approximate surface area is 102 Å². The Morgan fingerprint density at radius 1 is 1.38 bits per heavy atom. The summed E-state index contributed by atoms with van der Waals surface area (Å²) in [4.78, 5) is 7.80. The van der Waals surface area contributed by atoms with Crippen molar-refractivity contribution in [3.63, 3.8) is 0 Å². The van der Waals surface area contributed by atoms with E-state index in [4.69, 9.17) is 0 Å². The van der Waals surface area contributed by atoms with Gasteiger partial charge in [-0.1, -0.05) is 25.2 Å². The lowest BCUT2D eigenvalue weighted by molar-refractivity contribution is 0.284. The molecule has 1 rings (SSSR count). The molecule has 0 atom stereocenters. The zero-order valence-electron chi connectivity index (χ0n) is 10.9. The van der Waals surface area contributed by atoms with Crippen LogP contribution in [0.1, 0.15) is 44.7 Å². The van der Waals surface area contributed by atoms with Gasteiger partial charge >= 0.3 is 0 Å². The highest BCUT2D eigenvalue weighted by Gasteiger charge is 2.24. The third kappa shape index (κ3) is 2.55. The van der Waals surface area contributed by atoms with Crippen LogP contribution < -0.4 is 4.90 Å². The van der Waals surface area contributed by atoms with Crippen LogP contribution in [0.3, 0.4) is 0 Å². The molecule has 0 saturated carbocycles. The van der Waals surface area contributed by atoms with E-state index in [2.05, 4.69) is 44.6 Å². The highest BCUT2D eigenvalue weighted by Crippen LogP contribution is 2.31. The number of thiazole rings is 1. The maximum absolute atomic E-state index is 9.26. The first-order valence-corrected chi connectivity index (χ1v) is 6.61. The SMILES string of the molecule is CCc1nc(N(C)C(C)(C)CC)sc1CO. The summed E-state index contributed by atoms with van der Waals surface area (Å²) in [5.74, 6) is 0. The summed E-state index contributed by atoms with van der Waals surface area (Å²) in [7, 11) is 2.07. The maximum Gasteiger partial charge on any atom is 0.186 e. The van der Waals surface area contributed by atoms with Crippen molar-refractivity contribution in [3.8, 4) is 0 Å². The average Bonchev–Trinajstić information content (AvgIpc) is 2.70. The summed E-state index contributed by atoms with van der Waals surface area (Å²) in [6.07, 6.45) is 1.95. The molecule has 0 aliphatic heterocycles. The Hall–Kier alpha value is -0.610. The predicted molar refractivity (Wildman–Crippen MR) is 70.2 cm³/mol. The average molecular weight is 242 g/mol. The van der Waals surface area contributed by atoms with E-state index in [-0.39, 0.29) is 12.1 Å². The fourth-order valence-electron chi connectivity index (χ4n) is 1.41. The van der Waals surface area contributed by atoms with Gasteiger partial charge in [0.2, 0.25) is 0 Å². The fourth-order valence-corrected chi connectivity index (χ4v) is 2.54. The second kappa shape index (κ2) is 5.15. The van der Waals surface area contributed by atoms with Gasteiger partial charge in [-0.3, -0.25) is 0 Å². The fraction of sp³-hybridized carbons (Fsp3) is 0.750. The van der Waals surface area contributed by atoms with Crippen LogP contribution in [0.4, 0.5) is 5.13 Å². The zero-order valence-corrected chi connectivity index (χ0v) is 11.7. The molecule has 4 heteroatoms. The minimum atomic E-state index is 0.0984. The molecule has 0 aromatic carbocycles. The van der Waals surface area contributed by atoms with Crippen LogP contribution in [0.15, 0.2) is 0 Å². The van der Waals surface area contributed by atoms with E-state index >= 15 is 0 Å². The third-order valence-electron chi connectivity index (χ3n) is 3.31. The van der Waals surface area contributed by atoms with Crippen molar-refractivity contribution < 1.29 is 5.11 Å². The Morgan fingerprint density at radius 2 is 2.00 bits per heavy atom. The summed E-state index contributed by atoms with van der Waals surface area (Å²) in [6, 6.07) is 0. The number of aliphatic hydroxyl groups excluding tert-OH is 1. The van der Waals surface area contributed by atoms with Gasteiger partial charge in [0.25, 0.3) is 0 Å². The van der Waals surface area contributed by atoms with Gasteiger partial charge in [0.15, 0.2) is 5.13 Å². The van der Waals surface area contributed by atoms with Crippen LogP contribution in [0.25, 0.3) is 0 Å². The van der Waals surface area contributed by atoms with Gasteiger partial charge in [-0.25, -0.2) is 4.98 Å². The van der Waals surface area contributed by atoms with Crippen molar-refractivity contribution in [2.24, 2.45) is 0 Å². The summed E-state index contributed by atoms with van der Waals surface area (Å²) in [5, 5.41) is 10.3. The molecule has 0 saturated heterocycles. The molecule has 1 heterocycles. The van der Waals surface area contributed by atoms with Gasteiger partial charge in [-0.2, -0.15) is 0 Å². The van der Waals surface area contributed by atoms with Gasteiger partial charge in [0, 0.05) is 12.6 Å². The van der Waals surface area contributed by atoms with E-state index in [1.165, 1.54) is 0 Å². The van der Waals surface area contributed by atoms with E-state index in [9.17, 15) is 5.11 Å². The molecule has 1 aromatic rings. The Morgan fingerprint density at radius 3 is 2.38 bits per heavy atom. The van der Waals surface area contributed by atoms with Gasteiger partial charge in [-0.05, 0) is 26.7 Å². The number of aryl methyl sites for hydroxylation is 1. The highest BCUT2D eigenvalue weighted by molar-refractivity contribution is 7.15. The smallest absolute Gasteiger partial charge is 0.186 e. The van der Waals surface area contributed by atoms with Gasteiger partial charge in [-0.15, -0.1) is 0 Å². The van der Waals surface area contributed by atoms with Crippen molar-refractivity contribution in [3.05, 3.63) is 10.6 Å². The topological polar surface area (TPSA) is 36.4 Å². The van der Waals surface area contributed by atoms with E-state index < -0.39 is 0 Å². The highest BCUT2D eigenvalue weighted by atomic mass is 32.1. The summed E-state index contributed by atoms with van der Waals surface area (Å²) in [5.41, 5.74) is 1.14. The minimum Gasteiger partial charge on any atom is -0.391 e. The standard InChI is InChI=1S/C12H22N2OS/c1-6-9-10(8-15)16-11(13-9)14(5)12(3,4)7-2/h15H,6-8H2,1-5H3. The molecule has 0 aliphatic rings. The number of aliphatic hydroxyl groups is 1. The normalized spacial score (nSPS) is 11.9. The Bertz CT molecular complexity index is 325. The summed E-state index contributed by atoms with van der Waals surface area (Å²) in [6.45, 7) is 8.76. The molecule has 0 radical (unpaired) electrons. The van der Waals surface area contributed by atoms with Crippen molar-refractivity contribution in [1.82, 2.24) is 4.98 Å². The van der Waals surface area contributed by atoms with E-state index in [0.717, 1.165) is 28.5 Å². The van der Waals surface area contributed by atoms with Gasteiger partial charge < -0.3 is 10.0 Å². The van der Waals surface area contributed by atoms with Gasteiger partial charge in [0.05, 0.1) is 17.2 Å². The Kier molecular flexibility index (Phi) is 4.33. The predicted octanol–water partition coefficient (Wildman–Crippen LogP) is 2.82. The molecular formula is C12H22N2OS. The molecule has 0 aliphatic carbocycles. The molecule has 0 spiro atoms. The first-order valence-electron chi connectivity index (χ1n) is 5.79. The lowest BCUT2D eigenvalue weighted by Crippen LogP contribution is -2.40. The Balaban J connectivity index is 3.00. The molecule has 3 nitrogen and oxygen atoms in total. The second-order valence-corrected chi connectivity index (χ2v) is 5.67. The number of anilines is 1. The van der Waals surface area contributed by atoms with Crippen LogP contribution in [0.2, 0.25) is 0 Å². The molecule has 0 amide bonds. The first-order chi connectivity index (χ1) is 7.46. The molecule has 92 valence electrons. The molecule has 16 heavy (non-hydrogen) atoms. The largest absolute Gasteiger partial charge is 0.391 e. The molecule has 1 N–H and O–H groups in total. The third-order valence-corrected chi connectivity index (χ3v) is 4.46. The van der Waals surface area contributed by atoms with Crippen molar-refractivity contribution in [2.45, 2.75) is 52.7 Å². The lowest BCUT2D eigenvalue weighted by atomic mass is 10.0. The lowest BCUT2D eigenvalue weighted by Gasteiger charge is -2.34. The number of aromatic nitrogens is 1. The minimum absolute atomic E-state index is 0.0984. The number of hydrogen-bond donors (Lipinski definition) is 1. The van der Waals surface area contributed by atoms with E-state index in [0.29, 0.717) is 0 Å². The molecule has 1 aromatic heterocycles. The summed E-state index contributed by atoms with van der Waals surface area (Å²) >= 11 is 1.60. The van der Waals surface area contributed by atoms with E-state index in [1.54, 1.807) is 11.3 Å². The monoisotopic (exact) mass is 242 g/mol. The molecule has 0 fully saturated rings.